The number of nitrogens with zero attached hydrogens (tertiary/aromatic N) is 1. The summed E-state index contributed by atoms with van der Waals surface area (Å²) >= 11 is 8.73. The summed E-state index contributed by atoms with van der Waals surface area (Å²) in [6.45, 7) is 0. The van der Waals surface area contributed by atoms with Crippen molar-refractivity contribution < 1.29 is 4.79 Å². The molecule has 0 radical (unpaired) electrons. The fourth-order valence-electron chi connectivity index (χ4n) is 1.26. The van der Waals surface area contributed by atoms with Crippen molar-refractivity contribution in [3.8, 4) is 0 Å². The minimum atomic E-state index is -0.469. The van der Waals surface area contributed by atoms with Crippen LogP contribution in [0.4, 0.5) is 0 Å². The molecule has 2 heterocycles. The van der Waals surface area contributed by atoms with Crippen LogP contribution in [0.15, 0.2) is 34.7 Å². The number of carbonyl (C=O) groups excluding carboxylic acids is 1. The highest BCUT2D eigenvalue weighted by Crippen LogP contribution is 2.25. The van der Waals surface area contributed by atoms with Crippen molar-refractivity contribution in [2.24, 2.45) is 0 Å². The summed E-state index contributed by atoms with van der Waals surface area (Å²) in [5, 5.41) is 2.51. The predicted octanol–water partition coefficient (Wildman–Crippen LogP) is 1.63. The number of hydrogen-bond acceptors (Lipinski definition) is 3. The van der Waals surface area contributed by atoms with Crippen molar-refractivity contribution in [3.05, 3.63) is 34.7 Å². The lowest BCUT2D eigenvalue weighted by atomic mass is 10.3. The monoisotopic (exact) mass is 260 g/mol. The average molecular weight is 262 g/mol. The SMILES string of the molecule is O=C(Cl)C1=CN2C=CC=C(Br)[C@H]2N1. The van der Waals surface area contributed by atoms with Gasteiger partial charge in [-0.25, -0.2) is 0 Å². The Balaban J connectivity index is 2.25. The quantitative estimate of drug-likeness (QED) is 0.728. The molecule has 0 bridgehead atoms. The Hall–Kier alpha value is -0.740. The number of allylic oxidation sites excluding steroid dienone is 3. The summed E-state index contributed by atoms with van der Waals surface area (Å²) < 4.78 is 0.971. The minimum absolute atomic E-state index is 0.0253. The van der Waals surface area contributed by atoms with Crippen LogP contribution < -0.4 is 5.32 Å². The van der Waals surface area contributed by atoms with Gasteiger partial charge in [-0.15, -0.1) is 0 Å². The van der Waals surface area contributed by atoms with E-state index in [1.165, 1.54) is 0 Å². The van der Waals surface area contributed by atoms with Crippen LogP contribution in [0, 0.1) is 0 Å². The molecule has 1 atom stereocenters. The lowest BCUT2D eigenvalue weighted by Gasteiger charge is -2.24. The van der Waals surface area contributed by atoms with Crippen LogP contribution in [-0.2, 0) is 4.79 Å². The van der Waals surface area contributed by atoms with Crippen molar-refractivity contribution in [3.63, 3.8) is 0 Å². The molecule has 1 N–H and O–H groups in total. The van der Waals surface area contributed by atoms with E-state index in [0.717, 1.165) is 4.48 Å². The molecule has 5 heteroatoms. The lowest BCUT2D eigenvalue weighted by molar-refractivity contribution is -0.108. The fourth-order valence-corrected chi connectivity index (χ4v) is 1.86. The first kappa shape index (κ1) is 8.84. The molecule has 2 aliphatic heterocycles. The zero-order chi connectivity index (χ0) is 9.42. The molecule has 68 valence electrons. The number of hydrogen-bond donors (Lipinski definition) is 1. The summed E-state index contributed by atoms with van der Waals surface area (Å²) in [5.74, 6) is 0. The minimum Gasteiger partial charge on any atom is -0.356 e. The van der Waals surface area contributed by atoms with E-state index in [1.54, 1.807) is 6.20 Å². The van der Waals surface area contributed by atoms with E-state index < -0.39 is 5.24 Å². The Morgan fingerprint density at radius 3 is 3.08 bits per heavy atom. The number of carbonyl (C=O) groups is 1. The van der Waals surface area contributed by atoms with Gasteiger partial charge in [-0.2, -0.15) is 0 Å². The van der Waals surface area contributed by atoms with Crippen LogP contribution >= 0.6 is 27.5 Å². The van der Waals surface area contributed by atoms with Gasteiger partial charge in [0.2, 0.25) is 0 Å². The summed E-state index contributed by atoms with van der Waals surface area (Å²) in [6.07, 6.45) is 7.34. The molecule has 2 rings (SSSR count). The van der Waals surface area contributed by atoms with Gasteiger partial charge in [0.05, 0.1) is 0 Å². The van der Waals surface area contributed by atoms with E-state index in [1.807, 2.05) is 23.3 Å². The van der Waals surface area contributed by atoms with Gasteiger partial charge in [-0.3, -0.25) is 4.79 Å². The summed E-state index contributed by atoms with van der Waals surface area (Å²) in [5.41, 5.74) is 0.420. The van der Waals surface area contributed by atoms with Crippen molar-refractivity contribution in [1.82, 2.24) is 10.2 Å². The molecule has 0 amide bonds. The number of halogens is 2. The maximum atomic E-state index is 10.8. The van der Waals surface area contributed by atoms with Crippen molar-refractivity contribution >= 4 is 32.8 Å². The maximum Gasteiger partial charge on any atom is 0.269 e. The van der Waals surface area contributed by atoms with Gasteiger partial charge >= 0.3 is 0 Å². The molecule has 2 aliphatic rings. The van der Waals surface area contributed by atoms with Crippen molar-refractivity contribution in [1.29, 1.82) is 0 Å². The molecule has 13 heavy (non-hydrogen) atoms. The van der Waals surface area contributed by atoms with E-state index in [-0.39, 0.29) is 6.17 Å². The van der Waals surface area contributed by atoms with E-state index >= 15 is 0 Å². The Labute approximate surface area is 88.9 Å². The van der Waals surface area contributed by atoms with Crippen LogP contribution in [0.2, 0.25) is 0 Å². The smallest absolute Gasteiger partial charge is 0.269 e. The molecule has 0 aliphatic carbocycles. The third kappa shape index (κ3) is 1.51. The first-order valence-electron chi connectivity index (χ1n) is 3.68. The molecule has 0 aromatic carbocycles. The summed E-state index contributed by atoms with van der Waals surface area (Å²) in [7, 11) is 0. The second kappa shape index (κ2) is 3.20. The van der Waals surface area contributed by atoms with Gasteiger partial charge in [0.25, 0.3) is 5.24 Å². The van der Waals surface area contributed by atoms with E-state index in [4.69, 9.17) is 11.6 Å². The van der Waals surface area contributed by atoms with Gasteiger partial charge < -0.3 is 10.2 Å². The molecule has 0 aromatic rings. The standard InChI is InChI=1S/C8H6BrClN2O/c9-5-2-1-3-12-4-6(7(10)13)11-8(5)12/h1-4,8,11H/t8-/m0/s1. The lowest BCUT2D eigenvalue weighted by Crippen LogP contribution is -2.35. The normalized spacial score (nSPS) is 24.8. The molecule has 0 spiro atoms. The Morgan fingerprint density at radius 1 is 1.69 bits per heavy atom. The highest BCUT2D eigenvalue weighted by Gasteiger charge is 2.28. The molecule has 3 nitrogen and oxygen atoms in total. The van der Waals surface area contributed by atoms with Gasteiger partial charge in [-0.05, 0) is 23.8 Å². The maximum absolute atomic E-state index is 10.8. The molecule has 0 saturated heterocycles. The number of nitrogens with one attached hydrogen (secondary N) is 1. The largest absolute Gasteiger partial charge is 0.356 e. The Morgan fingerprint density at radius 2 is 2.46 bits per heavy atom. The zero-order valence-corrected chi connectivity index (χ0v) is 8.84. The summed E-state index contributed by atoms with van der Waals surface area (Å²) in [6, 6.07) is 0. The zero-order valence-electron chi connectivity index (χ0n) is 6.50. The van der Waals surface area contributed by atoms with E-state index in [0.29, 0.717) is 5.70 Å². The van der Waals surface area contributed by atoms with Crippen LogP contribution in [0.5, 0.6) is 0 Å². The van der Waals surface area contributed by atoms with Crippen LogP contribution in [-0.4, -0.2) is 16.3 Å². The van der Waals surface area contributed by atoms with Gasteiger partial charge in [0.15, 0.2) is 0 Å². The van der Waals surface area contributed by atoms with Crippen molar-refractivity contribution in [2.45, 2.75) is 6.17 Å². The first-order valence-corrected chi connectivity index (χ1v) is 4.85. The fraction of sp³-hybridized carbons (Fsp3) is 0.125. The predicted molar refractivity (Wildman–Crippen MR) is 53.9 cm³/mol. The summed E-state index contributed by atoms with van der Waals surface area (Å²) in [4.78, 5) is 12.7. The van der Waals surface area contributed by atoms with Gasteiger partial charge in [-0.1, -0.05) is 15.9 Å². The number of fused-ring (bicyclic) bond motifs is 1. The van der Waals surface area contributed by atoms with Crippen LogP contribution in [0.3, 0.4) is 0 Å². The highest BCUT2D eigenvalue weighted by molar-refractivity contribution is 9.11. The van der Waals surface area contributed by atoms with Gasteiger partial charge in [0, 0.05) is 16.9 Å². The Kier molecular flexibility index (Phi) is 2.17. The molecule has 0 fully saturated rings. The van der Waals surface area contributed by atoms with Crippen LogP contribution in [0.25, 0.3) is 0 Å². The average Bonchev–Trinajstić information content (AvgIpc) is 2.49. The molecular weight excluding hydrogens is 255 g/mol. The van der Waals surface area contributed by atoms with E-state index in [2.05, 4.69) is 21.2 Å². The van der Waals surface area contributed by atoms with Crippen molar-refractivity contribution in [2.75, 3.05) is 0 Å². The molecule has 0 aromatic heterocycles. The molecular formula is C8H6BrClN2O. The Bertz CT molecular complexity index is 348. The van der Waals surface area contributed by atoms with E-state index in [9.17, 15) is 4.79 Å². The third-order valence-electron chi connectivity index (χ3n) is 1.86. The van der Waals surface area contributed by atoms with Gasteiger partial charge in [0.1, 0.15) is 11.9 Å². The third-order valence-corrected chi connectivity index (χ3v) is 2.76. The highest BCUT2D eigenvalue weighted by atomic mass is 79.9. The second-order valence-electron chi connectivity index (χ2n) is 2.70. The second-order valence-corrected chi connectivity index (χ2v) is 3.96. The topological polar surface area (TPSA) is 32.3 Å². The molecule has 0 saturated carbocycles. The number of rotatable bonds is 1. The molecule has 0 unspecified atom stereocenters. The van der Waals surface area contributed by atoms with Crippen LogP contribution in [0.1, 0.15) is 0 Å². The first-order chi connectivity index (χ1) is 6.18.